The average molecular weight is 367 g/mol. The molecule has 27 heavy (non-hydrogen) atoms. The summed E-state index contributed by atoms with van der Waals surface area (Å²) in [5, 5.41) is 8.97. The number of benzene rings is 2. The van der Waals surface area contributed by atoms with Crippen LogP contribution < -0.4 is 15.6 Å². The van der Waals surface area contributed by atoms with E-state index in [1.165, 1.54) is 0 Å². The average Bonchev–Trinajstić information content (AvgIpc) is 2.69. The van der Waals surface area contributed by atoms with Crippen LogP contribution in [0.1, 0.15) is 35.3 Å². The Labute approximate surface area is 157 Å². The van der Waals surface area contributed by atoms with Crippen molar-refractivity contribution in [3.63, 3.8) is 0 Å². The molecule has 2 N–H and O–H groups in total. The third kappa shape index (κ3) is 6.45. The van der Waals surface area contributed by atoms with Gasteiger partial charge in [0.2, 0.25) is 0 Å². The molecule has 2 amide bonds. The second kappa shape index (κ2) is 9.94. The fourth-order valence-corrected chi connectivity index (χ4v) is 2.08. The highest BCUT2D eigenvalue weighted by Gasteiger charge is 2.09. The summed E-state index contributed by atoms with van der Waals surface area (Å²) in [6.07, 6.45) is 0.130. The molecule has 0 aliphatic rings. The number of nitrogens with one attached hydrogen (secondary N) is 2. The summed E-state index contributed by atoms with van der Waals surface area (Å²) < 4.78 is 10.8. The summed E-state index contributed by atoms with van der Waals surface area (Å²) >= 11 is 0. The van der Waals surface area contributed by atoms with Crippen LogP contribution in [0.15, 0.2) is 48.5 Å². The predicted octanol–water partition coefficient (Wildman–Crippen LogP) is 2.32. The molecule has 140 valence electrons. The Morgan fingerprint density at radius 2 is 1.78 bits per heavy atom. The van der Waals surface area contributed by atoms with E-state index in [4.69, 9.17) is 14.7 Å². The first kappa shape index (κ1) is 19.9. The Hall–Kier alpha value is -3.37. The van der Waals surface area contributed by atoms with Gasteiger partial charge in [-0.05, 0) is 43.7 Å². The summed E-state index contributed by atoms with van der Waals surface area (Å²) in [7, 11) is 0. The number of nitriles is 1. The van der Waals surface area contributed by atoms with Crippen LogP contribution in [0, 0.1) is 11.3 Å². The standard InChI is InChI=1S/C20H21N3O4/c1-14(2)26-12-15-7-9-16(10-8-15)20(25)23-22-19(24)13-27-18-6-4-3-5-17(18)11-21/h3-10,14H,12-13H2,1-2H3,(H,22,24)(H,23,25). The van der Waals surface area contributed by atoms with E-state index >= 15 is 0 Å². The molecule has 0 saturated heterocycles. The van der Waals surface area contributed by atoms with E-state index in [-0.39, 0.29) is 12.7 Å². The normalized spacial score (nSPS) is 10.1. The molecule has 0 unspecified atom stereocenters. The lowest BCUT2D eigenvalue weighted by molar-refractivity contribution is -0.123. The van der Waals surface area contributed by atoms with Gasteiger partial charge in [0.25, 0.3) is 11.8 Å². The largest absolute Gasteiger partial charge is 0.482 e. The van der Waals surface area contributed by atoms with E-state index < -0.39 is 11.8 Å². The molecule has 2 aromatic carbocycles. The molecule has 0 bridgehead atoms. The summed E-state index contributed by atoms with van der Waals surface area (Å²) in [5.41, 5.74) is 6.28. The Balaban J connectivity index is 1.79. The van der Waals surface area contributed by atoms with Gasteiger partial charge in [0.1, 0.15) is 11.8 Å². The summed E-state index contributed by atoms with van der Waals surface area (Å²) in [4.78, 5) is 23.9. The molecule has 2 aromatic rings. The number of carbonyl (C=O) groups is 2. The van der Waals surface area contributed by atoms with Gasteiger partial charge in [0.05, 0.1) is 18.3 Å². The first-order valence-corrected chi connectivity index (χ1v) is 8.41. The predicted molar refractivity (Wildman–Crippen MR) is 98.6 cm³/mol. The zero-order valence-corrected chi connectivity index (χ0v) is 15.2. The van der Waals surface area contributed by atoms with E-state index in [1.807, 2.05) is 19.9 Å². The minimum atomic E-state index is -0.543. The van der Waals surface area contributed by atoms with Crippen molar-refractivity contribution in [2.45, 2.75) is 26.6 Å². The van der Waals surface area contributed by atoms with Crippen molar-refractivity contribution in [3.05, 3.63) is 65.2 Å². The number of hydrogen-bond donors (Lipinski definition) is 2. The lowest BCUT2D eigenvalue weighted by Crippen LogP contribution is -2.43. The zero-order valence-electron chi connectivity index (χ0n) is 15.2. The van der Waals surface area contributed by atoms with Gasteiger partial charge < -0.3 is 9.47 Å². The van der Waals surface area contributed by atoms with Crippen molar-refractivity contribution in [2.24, 2.45) is 0 Å². The van der Waals surface area contributed by atoms with Crippen molar-refractivity contribution < 1.29 is 19.1 Å². The van der Waals surface area contributed by atoms with E-state index in [2.05, 4.69) is 10.9 Å². The van der Waals surface area contributed by atoms with Crippen LogP contribution in [0.25, 0.3) is 0 Å². The van der Waals surface area contributed by atoms with Crippen molar-refractivity contribution in [2.75, 3.05) is 6.61 Å². The minimum absolute atomic E-state index is 0.130. The number of carbonyl (C=O) groups excluding carboxylic acids is 2. The summed E-state index contributed by atoms with van der Waals surface area (Å²) in [5.74, 6) is -0.684. The fraction of sp³-hybridized carbons (Fsp3) is 0.250. The van der Waals surface area contributed by atoms with Crippen LogP contribution in [-0.4, -0.2) is 24.5 Å². The number of nitrogens with zero attached hydrogens (tertiary/aromatic N) is 1. The fourth-order valence-electron chi connectivity index (χ4n) is 2.08. The van der Waals surface area contributed by atoms with Crippen LogP contribution >= 0.6 is 0 Å². The van der Waals surface area contributed by atoms with Crippen LogP contribution in [0.2, 0.25) is 0 Å². The van der Waals surface area contributed by atoms with E-state index in [0.29, 0.717) is 23.5 Å². The van der Waals surface area contributed by atoms with E-state index in [1.54, 1.807) is 48.5 Å². The van der Waals surface area contributed by atoms with Gasteiger partial charge >= 0.3 is 0 Å². The SMILES string of the molecule is CC(C)OCc1ccc(C(=O)NNC(=O)COc2ccccc2C#N)cc1. The summed E-state index contributed by atoms with van der Waals surface area (Å²) in [6.45, 7) is 4.04. The van der Waals surface area contributed by atoms with Crippen molar-refractivity contribution in [1.82, 2.24) is 10.9 Å². The van der Waals surface area contributed by atoms with Gasteiger partial charge in [-0.15, -0.1) is 0 Å². The molecule has 0 fully saturated rings. The number of ether oxygens (including phenoxy) is 2. The van der Waals surface area contributed by atoms with Crippen molar-refractivity contribution in [1.29, 1.82) is 5.26 Å². The third-order valence-electron chi connectivity index (χ3n) is 3.48. The highest BCUT2D eigenvalue weighted by Crippen LogP contribution is 2.16. The maximum absolute atomic E-state index is 12.1. The van der Waals surface area contributed by atoms with Crippen LogP contribution in [0.4, 0.5) is 0 Å². The Morgan fingerprint density at radius 3 is 2.44 bits per heavy atom. The minimum Gasteiger partial charge on any atom is -0.482 e. The maximum atomic E-state index is 12.1. The van der Waals surface area contributed by atoms with Gasteiger partial charge in [0.15, 0.2) is 6.61 Å². The van der Waals surface area contributed by atoms with Gasteiger partial charge in [-0.25, -0.2) is 0 Å². The summed E-state index contributed by atoms with van der Waals surface area (Å²) in [6, 6.07) is 15.4. The van der Waals surface area contributed by atoms with E-state index in [9.17, 15) is 9.59 Å². The molecule has 7 heteroatoms. The molecule has 2 rings (SSSR count). The van der Waals surface area contributed by atoms with Gasteiger partial charge in [-0.2, -0.15) is 5.26 Å². The Bertz CT molecular complexity index is 826. The number of para-hydroxylation sites is 1. The Morgan fingerprint density at radius 1 is 1.07 bits per heavy atom. The topological polar surface area (TPSA) is 100 Å². The molecule has 0 heterocycles. The first-order chi connectivity index (χ1) is 13.0. The highest BCUT2D eigenvalue weighted by atomic mass is 16.5. The lowest BCUT2D eigenvalue weighted by Gasteiger charge is -2.10. The molecule has 0 spiro atoms. The van der Waals surface area contributed by atoms with Gasteiger partial charge in [-0.3, -0.25) is 20.4 Å². The highest BCUT2D eigenvalue weighted by molar-refractivity contribution is 5.95. The van der Waals surface area contributed by atoms with Crippen molar-refractivity contribution in [3.8, 4) is 11.8 Å². The van der Waals surface area contributed by atoms with Crippen LogP contribution in [0.5, 0.6) is 5.75 Å². The number of hydrazine groups is 1. The first-order valence-electron chi connectivity index (χ1n) is 8.41. The van der Waals surface area contributed by atoms with Crippen molar-refractivity contribution >= 4 is 11.8 Å². The lowest BCUT2D eigenvalue weighted by atomic mass is 10.1. The molecule has 0 saturated carbocycles. The molecule has 7 nitrogen and oxygen atoms in total. The number of amides is 2. The molecular weight excluding hydrogens is 346 g/mol. The monoisotopic (exact) mass is 367 g/mol. The second-order valence-corrected chi connectivity index (χ2v) is 5.96. The molecular formula is C20H21N3O4. The smallest absolute Gasteiger partial charge is 0.276 e. The number of hydrogen-bond acceptors (Lipinski definition) is 5. The molecule has 0 aromatic heterocycles. The molecule has 0 atom stereocenters. The second-order valence-electron chi connectivity index (χ2n) is 5.96. The molecule has 0 aliphatic heterocycles. The quantitative estimate of drug-likeness (QED) is 0.732. The Kier molecular flexibility index (Phi) is 7.35. The van der Waals surface area contributed by atoms with Gasteiger partial charge in [0, 0.05) is 5.56 Å². The third-order valence-corrected chi connectivity index (χ3v) is 3.48. The molecule has 0 radical (unpaired) electrons. The molecule has 0 aliphatic carbocycles. The number of rotatable bonds is 7. The van der Waals surface area contributed by atoms with Crippen LogP contribution in [0.3, 0.4) is 0 Å². The van der Waals surface area contributed by atoms with E-state index in [0.717, 1.165) is 5.56 Å². The maximum Gasteiger partial charge on any atom is 0.276 e. The van der Waals surface area contributed by atoms with Gasteiger partial charge in [-0.1, -0.05) is 24.3 Å². The van der Waals surface area contributed by atoms with Crippen LogP contribution in [-0.2, 0) is 16.1 Å². The zero-order chi connectivity index (χ0) is 19.6.